The minimum Gasteiger partial charge on any atom is -0.478 e. The van der Waals surface area contributed by atoms with Gasteiger partial charge in [-0.3, -0.25) is 18.9 Å². The summed E-state index contributed by atoms with van der Waals surface area (Å²) in [5.41, 5.74) is -0.595. The van der Waals surface area contributed by atoms with Crippen LogP contribution in [-0.4, -0.2) is 92.3 Å². The summed E-state index contributed by atoms with van der Waals surface area (Å²) in [6.45, 7) is 7.19. The number of amides is 1. The molecule has 6 N–H and O–H groups in total. The van der Waals surface area contributed by atoms with Crippen molar-refractivity contribution in [2.24, 2.45) is 10.2 Å². The second-order valence-corrected chi connectivity index (χ2v) is 16.8. The lowest BCUT2D eigenvalue weighted by atomic mass is 9.90. The van der Waals surface area contributed by atoms with Crippen molar-refractivity contribution in [1.29, 1.82) is 5.26 Å². The number of aromatic amines is 1. The summed E-state index contributed by atoms with van der Waals surface area (Å²) in [5.74, 6) is -3.35. The number of nitrogens with one attached hydrogen (secondary N) is 3. The number of unbranched alkanes of at least 4 members (excludes halogenated alkanes) is 2. The highest BCUT2D eigenvalue weighted by atomic mass is 32.2. The van der Waals surface area contributed by atoms with Crippen molar-refractivity contribution in [3.8, 4) is 12.0 Å². The molecular formula is C34H41N11O10S2. The van der Waals surface area contributed by atoms with Gasteiger partial charge in [0.1, 0.15) is 17.3 Å². The second kappa shape index (κ2) is 18.2. The smallest absolute Gasteiger partial charge is 0.351 e. The topological polar surface area (TPSA) is 315 Å². The van der Waals surface area contributed by atoms with Gasteiger partial charge >= 0.3 is 11.7 Å². The van der Waals surface area contributed by atoms with E-state index in [-0.39, 0.29) is 77.5 Å². The van der Waals surface area contributed by atoms with E-state index in [0.717, 1.165) is 4.68 Å². The van der Waals surface area contributed by atoms with Crippen molar-refractivity contribution >= 4 is 66.6 Å². The van der Waals surface area contributed by atoms with Crippen molar-refractivity contribution in [2.75, 3.05) is 40.1 Å². The Morgan fingerprint density at radius 1 is 0.947 bits per heavy atom. The van der Waals surface area contributed by atoms with Crippen molar-refractivity contribution in [3.05, 3.63) is 69.8 Å². The fourth-order valence-corrected chi connectivity index (χ4v) is 6.58. The van der Waals surface area contributed by atoms with Gasteiger partial charge in [-0.05, 0) is 56.0 Å². The van der Waals surface area contributed by atoms with E-state index in [9.17, 15) is 41.6 Å². The van der Waals surface area contributed by atoms with Gasteiger partial charge in [0.25, 0.3) is 26.2 Å². The first kappa shape index (κ1) is 43.6. The molecular weight excluding hydrogens is 787 g/mol. The van der Waals surface area contributed by atoms with Gasteiger partial charge in [-0.2, -0.15) is 41.8 Å². The molecule has 0 saturated heterocycles. The van der Waals surface area contributed by atoms with Gasteiger partial charge < -0.3 is 20.6 Å². The van der Waals surface area contributed by atoms with Crippen LogP contribution < -0.4 is 21.2 Å². The largest absolute Gasteiger partial charge is 0.478 e. The number of anilines is 4. The number of carbonyl (C=O) groups is 2. The van der Waals surface area contributed by atoms with Crippen LogP contribution in [0.5, 0.6) is 0 Å². The van der Waals surface area contributed by atoms with Crippen molar-refractivity contribution < 1.29 is 40.6 Å². The van der Waals surface area contributed by atoms with Crippen LogP contribution >= 0.6 is 0 Å². The summed E-state index contributed by atoms with van der Waals surface area (Å²) >= 11 is 0. The van der Waals surface area contributed by atoms with Crippen LogP contribution in [0.4, 0.5) is 34.5 Å². The molecule has 0 spiro atoms. The highest BCUT2D eigenvalue weighted by molar-refractivity contribution is 7.86. The number of aromatic carboxylic acids is 1. The molecule has 4 aromatic rings. The lowest BCUT2D eigenvalue weighted by Crippen LogP contribution is -2.26. The second-order valence-electron chi connectivity index (χ2n) is 13.7. The van der Waals surface area contributed by atoms with E-state index in [1.807, 2.05) is 4.90 Å². The molecule has 0 bridgehead atoms. The molecule has 21 nitrogen and oxygen atoms in total. The Morgan fingerprint density at radius 2 is 1.58 bits per heavy atom. The molecule has 0 radical (unpaired) electrons. The van der Waals surface area contributed by atoms with Crippen molar-refractivity contribution in [2.45, 2.75) is 58.8 Å². The molecule has 2 heterocycles. The monoisotopic (exact) mass is 827 g/mol. The number of rotatable bonds is 18. The van der Waals surface area contributed by atoms with Gasteiger partial charge in [0.05, 0.1) is 34.1 Å². The number of aromatic nitrogens is 5. The maximum atomic E-state index is 12.8. The molecule has 0 atom stereocenters. The third-order valence-electron chi connectivity index (χ3n) is 7.99. The number of carboxylic acid groups (broad SMARTS) is 1. The van der Waals surface area contributed by atoms with Crippen LogP contribution in [0.25, 0.3) is 5.95 Å². The molecule has 0 aliphatic carbocycles. The Hall–Kier alpha value is -6.09. The Labute approximate surface area is 327 Å². The van der Waals surface area contributed by atoms with E-state index in [4.69, 9.17) is 9.11 Å². The number of azo groups is 1. The molecule has 23 heteroatoms. The molecule has 2 aromatic heterocycles. The summed E-state index contributed by atoms with van der Waals surface area (Å²) in [5, 5.41) is 38.6. The van der Waals surface area contributed by atoms with Gasteiger partial charge in [-0.25, -0.2) is 9.59 Å². The van der Waals surface area contributed by atoms with E-state index in [1.165, 1.54) is 31.2 Å². The Kier molecular flexibility index (Phi) is 14.0. The quantitative estimate of drug-likeness (QED) is 0.0457. The fourth-order valence-electron chi connectivity index (χ4n) is 5.45. The average Bonchev–Trinajstić information content (AvgIpc) is 3.48. The predicted octanol–water partition coefficient (Wildman–Crippen LogP) is 4.48. The molecule has 0 aliphatic heterocycles. The van der Waals surface area contributed by atoms with Crippen molar-refractivity contribution in [1.82, 2.24) is 24.7 Å². The lowest BCUT2D eigenvalue weighted by Gasteiger charge is -2.26. The van der Waals surface area contributed by atoms with E-state index in [1.54, 1.807) is 39.0 Å². The SMILES string of the molecule is CC(=O)Nc1cc(N(CCCCS(=O)(=O)O)CCCCS(=O)(=O)O)ccc1N=Nc1c(C#N)c(C(C)(C)C)nn1-c1nc(Nc2ccccc2C(=O)O)[nH]c(=O)n1. The molecule has 57 heavy (non-hydrogen) atoms. The third kappa shape index (κ3) is 12.7. The first-order valence-electron chi connectivity index (χ1n) is 17.3. The predicted molar refractivity (Wildman–Crippen MR) is 208 cm³/mol. The normalized spacial score (nSPS) is 12.0. The third-order valence-corrected chi connectivity index (χ3v) is 9.60. The maximum Gasteiger partial charge on any atom is 0.351 e. The number of para-hydroxylation sites is 1. The Morgan fingerprint density at radius 3 is 2.14 bits per heavy atom. The maximum absolute atomic E-state index is 12.8. The highest BCUT2D eigenvalue weighted by Crippen LogP contribution is 2.36. The van der Waals surface area contributed by atoms with E-state index >= 15 is 0 Å². The van der Waals surface area contributed by atoms with Crippen LogP contribution in [0.3, 0.4) is 0 Å². The van der Waals surface area contributed by atoms with Crippen LogP contribution in [0.15, 0.2) is 57.5 Å². The van der Waals surface area contributed by atoms with Crippen LogP contribution in [0, 0.1) is 11.3 Å². The number of H-pyrrole nitrogens is 1. The number of benzene rings is 2. The summed E-state index contributed by atoms with van der Waals surface area (Å²) in [6, 6.07) is 12.7. The molecule has 0 unspecified atom stereocenters. The summed E-state index contributed by atoms with van der Waals surface area (Å²) in [6.07, 6.45) is 0.890. The van der Waals surface area contributed by atoms with Gasteiger partial charge in [0.15, 0.2) is 5.82 Å². The lowest BCUT2D eigenvalue weighted by molar-refractivity contribution is -0.114. The van der Waals surface area contributed by atoms with E-state index < -0.39 is 54.7 Å². The first-order chi connectivity index (χ1) is 26.6. The number of nitriles is 1. The van der Waals surface area contributed by atoms with E-state index in [0.29, 0.717) is 18.5 Å². The van der Waals surface area contributed by atoms with Gasteiger partial charge in [0.2, 0.25) is 11.9 Å². The molecule has 304 valence electrons. The van der Waals surface area contributed by atoms with Gasteiger partial charge in [-0.15, -0.1) is 10.2 Å². The zero-order chi connectivity index (χ0) is 42.1. The molecule has 0 saturated carbocycles. The zero-order valence-corrected chi connectivity index (χ0v) is 32.9. The fraction of sp³-hybridized carbons (Fsp3) is 0.382. The van der Waals surface area contributed by atoms with Crippen LogP contribution in [-0.2, 0) is 30.4 Å². The standard InChI is InChI=1S/C34H41N11O10S2/c1-21(46)36-27-19-22(44(15-7-9-17-56(50,51)52)16-8-10-18-57(53,54)55)13-14-26(27)41-42-29-24(20-35)28(34(2,3)4)43-45(29)32-38-31(39-33(49)40-32)37-25-12-6-5-11-23(25)30(47)48/h5-6,11-14,19H,7-10,15-18H2,1-4H3,(H,36,46)(H,47,48)(H,50,51,52)(H,53,54,55)(H2,37,38,39,40,49). The first-order valence-corrected chi connectivity index (χ1v) is 20.5. The highest BCUT2D eigenvalue weighted by Gasteiger charge is 2.29. The zero-order valence-electron chi connectivity index (χ0n) is 31.3. The Balaban J connectivity index is 1.78. The van der Waals surface area contributed by atoms with Crippen LogP contribution in [0.1, 0.15) is 75.0 Å². The molecule has 1 amide bonds. The van der Waals surface area contributed by atoms with Gasteiger partial charge in [-0.1, -0.05) is 32.9 Å². The number of nitrogens with zero attached hydrogens (tertiary/aromatic N) is 8. The summed E-state index contributed by atoms with van der Waals surface area (Å²) in [4.78, 5) is 49.4. The van der Waals surface area contributed by atoms with Crippen molar-refractivity contribution in [3.63, 3.8) is 0 Å². The number of hydrogen-bond acceptors (Lipinski definition) is 15. The molecule has 2 aromatic carbocycles. The molecule has 0 aliphatic rings. The van der Waals surface area contributed by atoms with Crippen LogP contribution in [0.2, 0.25) is 0 Å². The minimum absolute atomic E-state index is 0.0282. The summed E-state index contributed by atoms with van der Waals surface area (Å²) in [7, 11) is -8.38. The number of carbonyl (C=O) groups excluding carboxylic acids is 1. The van der Waals surface area contributed by atoms with Gasteiger partial charge in [0, 0.05) is 31.1 Å². The van der Waals surface area contributed by atoms with E-state index in [2.05, 4.69) is 47.0 Å². The number of carboxylic acids is 1. The average molecular weight is 828 g/mol. The number of hydrogen-bond donors (Lipinski definition) is 6. The Bertz CT molecular complexity index is 2450. The minimum atomic E-state index is -4.19. The molecule has 0 fully saturated rings. The molecule has 4 rings (SSSR count). The summed E-state index contributed by atoms with van der Waals surface area (Å²) < 4.78 is 64.4.